The molecular formula is C16H30ClN3O4S2. The van der Waals surface area contributed by atoms with Crippen LogP contribution in [0.2, 0.25) is 0 Å². The highest BCUT2D eigenvalue weighted by atomic mass is 35.5. The predicted molar refractivity (Wildman–Crippen MR) is 109 cm³/mol. The van der Waals surface area contributed by atoms with Crippen LogP contribution in [-0.4, -0.2) is 47.0 Å². The minimum Gasteiger partial charge on any atom is -0.330 e. The summed E-state index contributed by atoms with van der Waals surface area (Å²) in [7, 11) is -5.56. The van der Waals surface area contributed by atoms with E-state index in [1.165, 1.54) is 35.6 Å². The van der Waals surface area contributed by atoms with Gasteiger partial charge in [0.25, 0.3) is 0 Å². The molecule has 0 bridgehead atoms. The molecule has 1 rings (SSSR count). The molecule has 0 radical (unpaired) electrons. The lowest BCUT2D eigenvalue weighted by Gasteiger charge is -2.28. The Kier molecular flexibility index (Phi) is 9.56. The van der Waals surface area contributed by atoms with Gasteiger partial charge in [-0.15, -0.1) is 12.4 Å². The maximum Gasteiger partial charge on any atom is 0.242 e. The van der Waals surface area contributed by atoms with Gasteiger partial charge in [-0.2, -0.15) is 0 Å². The van der Waals surface area contributed by atoms with E-state index in [4.69, 9.17) is 5.73 Å². The minimum absolute atomic E-state index is 0. The summed E-state index contributed by atoms with van der Waals surface area (Å²) >= 11 is 0. The number of benzene rings is 1. The number of hydrogen-bond donors (Lipinski definition) is 2. The summed E-state index contributed by atoms with van der Waals surface area (Å²) in [6, 6.07) is 5.72. The molecule has 3 N–H and O–H groups in total. The summed E-state index contributed by atoms with van der Waals surface area (Å²) in [5.74, 6) is 0.0421. The summed E-state index contributed by atoms with van der Waals surface area (Å²) in [6.07, 6.45) is 1.35. The van der Waals surface area contributed by atoms with Crippen molar-refractivity contribution in [3.05, 3.63) is 24.3 Å². The van der Waals surface area contributed by atoms with Crippen molar-refractivity contribution in [2.24, 2.45) is 11.1 Å². The molecule has 152 valence electrons. The molecule has 0 atom stereocenters. The van der Waals surface area contributed by atoms with E-state index in [1.54, 1.807) is 0 Å². The van der Waals surface area contributed by atoms with Crippen molar-refractivity contribution in [1.29, 1.82) is 0 Å². The average Bonchev–Trinajstić information content (AvgIpc) is 2.52. The fraction of sp³-hybridized carbons (Fsp3) is 0.625. The molecule has 0 unspecified atom stereocenters. The number of halogens is 1. The highest BCUT2D eigenvalue weighted by Gasteiger charge is 2.27. The molecule has 0 aliphatic rings. The SMILES string of the molecule is CCCCS(=O)(=O)Nc1ccc(S(=O)(=O)N(C)CC(C)(C)CN)cc1.Cl. The number of anilines is 1. The third-order valence-corrected chi connectivity index (χ3v) is 7.00. The van der Waals surface area contributed by atoms with E-state index < -0.39 is 20.0 Å². The van der Waals surface area contributed by atoms with Crippen LogP contribution >= 0.6 is 12.4 Å². The Morgan fingerprint density at radius 3 is 2.12 bits per heavy atom. The third kappa shape index (κ3) is 7.40. The first-order valence-electron chi connectivity index (χ1n) is 8.20. The molecule has 1 aromatic carbocycles. The topological polar surface area (TPSA) is 110 Å². The van der Waals surface area contributed by atoms with Crippen LogP contribution in [0, 0.1) is 5.41 Å². The Morgan fingerprint density at radius 2 is 1.65 bits per heavy atom. The van der Waals surface area contributed by atoms with Crippen molar-refractivity contribution >= 4 is 38.1 Å². The molecule has 26 heavy (non-hydrogen) atoms. The van der Waals surface area contributed by atoms with E-state index in [0.29, 0.717) is 18.7 Å². The van der Waals surface area contributed by atoms with Gasteiger partial charge < -0.3 is 5.73 Å². The van der Waals surface area contributed by atoms with Gasteiger partial charge in [0.1, 0.15) is 0 Å². The molecule has 0 heterocycles. The van der Waals surface area contributed by atoms with Crippen molar-refractivity contribution < 1.29 is 16.8 Å². The smallest absolute Gasteiger partial charge is 0.242 e. The van der Waals surface area contributed by atoms with E-state index in [1.807, 2.05) is 20.8 Å². The molecular weight excluding hydrogens is 398 g/mol. The number of nitrogens with one attached hydrogen (secondary N) is 1. The van der Waals surface area contributed by atoms with Gasteiger partial charge in [0.2, 0.25) is 20.0 Å². The van der Waals surface area contributed by atoms with Crippen LogP contribution in [0.4, 0.5) is 5.69 Å². The second-order valence-corrected chi connectivity index (χ2v) is 10.8. The summed E-state index contributed by atoms with van der Waals surface area (Å²) in [4.78, 5) is 0.110. The second-order valence-electron chi connectivity index (χ2n) is 6.93. The summed E-state index contributed by atoms with van der Waals surface area (Å²) in [6.45, 7) is 6.36. The third-order valence-electron chi connectivity index (χ3n) is 3.81. The fourth-order valence-corrected chi connectivity index (χ4v) is 4.82. The number of nitrogens with zero attached hydrogens (tertiary/aromatic N) is 1. The standard InChI is InChI=1S/C16H29N3O4S2.ClH/c1-5-6-11-24(20,21)18-14-7-9-15(10-8-14)25(22,23)19(4)13-16(2,3)12-17;/h7-10,18H,5-6,11-13,17H2,1-4H3;1H. The first-order valence-corrected chi connectivity index (χ1v) is 11.3. The van der Waals surface area contributed by atoms with Crippen LogP contribution in [0.1, 0.15) is 33.6 Å². The zero-order valence-corrected chi connectivity index (χ0v) is 18.2. The van der Waals surface area contributed by atoms with Crippen LogP contribution in [0.25, 0.3) is 0 Å². The van der Waals surface area contributed by atoms with Gasteiger partial charge in [0.15, 0.2) is 0 Å². The molecule has 7 nitrogen and oxygen atoms in total. The van der Waals surface area contributed by atoms with Gasteiger partial charge in [0, 0.05) is 19.3 Å². The van der Waals surface area contributed by atoms with Crippen molar-refractivity contribution in [3.8, 4) is 0 Å². The van der Waals surface area contributed by atoms with Crippen molar-refractivity contribution in [2.45, 2.75) is 38.5 Å². The van der Waals surface area contributed by atoms with E-state index in [0.717, 1.165) is 6.42 Å². The van der Waals surface area contributed by atoms with Gasteiger partial charge in [-0.3, -0.25) is 4.72 Å². The van der Waals surface area contributed by atoms with Crippen LogP contribution in [0.15, 0.2) is 29.2 Å². The fourth-order valence-electron chi connectivity index (χ4n) is 2.19. The highest BCUT2D eigenvalue weighted by Crippen LogP contribution is 2.22. The zero-order chi connectivity index (χ0) is 19.3. The van der Waals surface area contributed by atoms with Crippen molar-refractivity contribution in [3.63, 3.8) is 0 Å². The normalized spacial score (nSPS) is 12.7. The number of sulfonamides is 2. The lowest BCUT2D eigenvalue weighted by molar-refractivity contribution is 0.292. The molecule has 0 amide bonds. The van der Waals surface area contributed by atoms with Crippen LogP contribution in [0.3, 0.4) is 0 Å². The van der Waals surface area contributed by atoms with E-state index in [2.05, 4.69) is 4.72 Å². The van der Waals surface area contributed by atoms with E-state index in [-0.39, 0.29) is 35.0 Å². The molecule has 0 saturated carbocycles. The number of unbranched alkanes of at least 4 members (excludes halogenated alkanes) is 1. The lowest BCUT2D eigenvalue weighted by Crippen LogP contribution is -2.39. The van der Waals surface area contributed by atoms with Crippen LogP contribution < -0.4 is 10.5 Å². The molecule has 0 aromatic heterocycles. The molecule has 0 fully saturated rings. The molecule has 0 aliphatic heterocycles. The second kappa shape index (κ2) is 9.89. The van der Waals surface area contributed by atoms with Gasteiger partial charge in [-0.1, -0.05) is 27.2 Å². The number of nitrogens with two attached hydrogens (primary N) is 1. The monoisotopic (exact) mass is 427 g/mol. The Bertz CT molecular complexity index is 763. The summed E-state index contributed by atoms with van der Waals surface area (Å²) in [5, 5.41) is 0. The van der Waals surface area contributed by atoms with E-state index in [9.17, 15) is 16.8 Å². The number of hydrogen-bond acceptors (Lipinski definition) is 5. The summed E-state index contributed by atoms with van der Waals surface area (Å²) < 4.78 is 52.7. The Labute approximate surface area is 163 Å². The largest absolute Gasteiger partial charge is 0.330 e. The van der Waals surface area contributed by atoms with E-state index >= 15 is 0 Å². The van der Waals surface area contributed by atoms with Crippen molar-refractivity contribution in [2.75, 3.05) is 30.6 Å². The highest BCUT2D eigenvalue weighted by molar-refractivity contribution is 7.92. The number of rotatable bonds is 10. The van der Waals surface area contributed by atoms with Gasteiger partial charge >= 0.3 is 0 Å². The molecule has 0 spiro atoms. The Hall–Kier alpha value is -0.870. The quantitative estimate of drug-likeness (QED) is 0.595. The Morgan fingerprint density at radius 1 is 1.12 bits per heavy atom. The van der Waals surface area contributed by atoms with Gasteiger partial charge in [-0.25, -0.2) is 21.1 Å². The zero-order valence-electron chi connectivity index (χ0n) is 15.7. The molecule has 1 aromatic rings. The first-order chi connectivity index (χ1) is 11.4. The lowest BCUT2D eigenvalue weighted by atomic mass is 9.94. The summed E-state index contributed by atoms with van der Waals surface area (Å²) in [5.41, 5.74) is 5.67. The predicted octanol–water partition coefficient (Wildman–Crippen LogP) is 2.26. The molecule has 0 aliphatic carbocycles. The first kappa shape index (κ1) is 25.1. The Balaban J connectivity index is 0.00000625. The van der Waals surface area contributed by atoms with Crippen LogP contribution in [0.5, 0.6) is 0 Å². The maximum absolute atomic E-state index is 12.6. The minimum atomic E-state index is -3.66. The molecule has 0 saturated heterocycles. The maximum atomic E-state index is 12.6. The van der Waals surface area contributed by atoms with Gasteiger partial charge in [-0.05, 0) is 42.6 Å². The van der Waals surface area contributed by atoms with Crippen LogP contribution in [-0.2, 0) is 20.0 Å². The van der Waals surface area contributed by atoms with Gasteiger partial charge in [0.05, 0.1) is 10.6 Å². The average molecular weight is 428 g/mol. The van der Waals surface area contributed by atoms with Crippen molar-refractivity contribution in [1.82, 2.24) is 4.31 Å². The molecule has 10 heteroatoms.